The molecule has 0 bridgehead atoms. The minimum atomic E-state index is 0.00935. The molecule has 0 unspecified atom stereocenters. The number of hydrogen-bond donors (Lipinski definition) is 0. The second-order valence-electron chi connectivity index (χ2n) is 4.50. The summed E-state index contributed by atoms with van der Waals surface area (Å²) in [5, 5.41) is 2.76. The van der Waals surface area contributed by atoms with Gasteiger partial charge >= 0.3 is 0 Å². The molecule has 0 atom stereocenters. The normalized spacial score (nSPS) is 10.5. The summed E-state index contributed by atoms with van der Waals surface area (Å²) in [6, 6.07) is 8.16. The number of aromatic nitrogens is 1. The Morgan fingerprint density at radius 3 is 2.63 bits per heavy atom. The van der Waals surface area contributed by atoms with Gasteiger partial charge in [0.1, 0.15) is 5.69 Å². The SMILES string of the molecule is CCN(Cc1ccccc1C)C(=O)c1csc(C)n1. The topological polar surface area (TPSA) is 33.2 Å². The smallest absolute Gasteiger partial charge is 0.273 e. The maximum atomic E-state index is 12.4. The first-order valence-electron chi connectivity index (χ1n) is 6.37. The third-order valence-corrected chi connectivity index (χ3v) is 3.90. The highest BCUT2D eigenvalue weighted by Crippen LogP contribution is 2.15. The number of carbonyl (C=O) groups is 1. The van der Waals surface area contributed by atoms with E-state index in [0.29, 0.717) is 18.8 Å². The molecule has 0 aliphatic carbocycles. The minimum Gasteiger partial charge on any atom is -0.333 e. The number of carbonyl (C=O) groups excluding carboxylic acids is 1. The molecule has 0 fully saturated rings. The lowest BCUT2D eigenvalue weighted by Crippen LogP contribution is -2.30. The third-order valence-electron chi connectivity index (χ3n) is 3.13. The average Bonchev–Trinajstić information content (AvgIpc) is 2.84. The summed E-state index contributed by atoms with van der Waals surface area (Å²) >= 11 is 1.51. The van der Waals surface area contributed by atoms with Crippen LogP contribution in [0.3, 0.4) is 0 Å². The van der Waals surface area contributed by atoms with E-state index in [4.69, 9.17) is 0 Å². The van der Waals surface area contributed by atoms with Crippen molar-refractivity contribution in [2.24, 2.45) is 0 Å². The van der Waals surface area contributed by atoms with Gasteiger partial charge < -0.3 is 4.90 Å². The van der Waals surface area contributed by atoms with E-state index >= 15 is 0 Å². The summed E-state index contributed by atoms with van der Waals surface area (Å²) in [5.74, 6) is 0.00935. The van der Waals surface area contributed by atoms with Crippen LogP contribution in [0.15, 0.2) is 29.6 Å². The van der Waals surface area contributed by atoms with Crippen LogP contribution in [0.1, 0.15) is 33.5 Å². The van der Waals surface area contributed by atoms with Gasteiger partial charge in [0.2, 0.25) is 0 Å². The molecule has 0 aliphatic heterocycles. The predicted octanol–water partition coefficient (Wildman–Crippen LogP) is 3.42. The van der Waals surface area contributed by atoms with Crippen molar-refractivity contribution in [1.29, 1.82) is 0 Å². The molecule has 1 aromatic carbocycles. The zero-order valence-corrected chi connectivity index (χ0v) is 12.3. The van der Waals surface area contributed by atoms with E-state index in [1.165, 1.54) is 22.5 Å². The highest BCUT2D eigenvalue weighted by molar-refractivity contribution is 7.09. The van der Waals surface area contributed by atoms with Crippen LogP contribution in [-0.2, 0) is 6.54 Å². The highest BCUT2D eigenvalue weighted by atomic mass is 32.1. The molecule has 100 valence electrons. The fourth-order valence-corrected chi connectivity index (χ4v) is 2.53. The maximum Gasteiger partial charge on any atom is 0.273 e. The predicted molar refractivity (Wildman–Crippen MR) is 78.4 cm³/mol. The first kappa shape index (κ1) is 13.7. The van der Waals surface area contributed by atoms with Crippen LogP contribution in [0.25, 0.3) is 0 Å². The minimum absolute atomic E-state index is 0.00935. The van der Waals surface area contributed by atoms with E-state index in [2.05, 4.69) is 24.0 Å². The Balaban J connectivity index is 2.17. The lowest BCUT2D eigenvalue weighted by Gasteiger charge is -2.21. The van der Waals surface area contributed by atoms with Gasteiger partial charge in [0, 0.05) is 18.5 Å². The molecular weight excluding hydrogens is 256 g/mol. The number of nitrogens with zero attached hydrogens (tertiary/aromatic N) is 2. The molecule has 19 heavy (non-hydrogen) atoms. The van der Waals surface area contributed by atoms with E-state index in [9.17, 15) is 4.79 Å². The van der Waals surface area contributed by atoms with Gasteiger partial charge in [0.15, 0.2) is 0 Å². The standard InChI is InChI=1S/C15H18N2OS/c1-4-17(9-13-8-6-5-7-11(13)2)15(18)14-10-19-12(3)16-14/h5-8,10H,4,9H2,1-3H3. The van der Waals surface area contributed by atoms with Crippen LogP contribution in [0.4, 0.5) is 0 Å². The Kier molecular flexibility index (Phi) is 4.32. The van der Waals surface area contributed by atoms with Crippen molar-refractivity contribution in [2.45, 2.75) is 27.3 Å². The van der Waals surface area contributed by atoms with Gasteiger partial charge in [0.25, 0.3) is 5.91 Å². The molecule has 1 aromatic heterocycles. The first-order chi connectivity index (χ1) is 9.11. The van der Waals surface area contributed by atoms with Crippen molar-refractivity contribution >= 4 is 17.2 Å². The molecule has 0 aliphatic rings. The summed E-state index contributed by atoms with van der Waals surface area (Å²) in [5.41, 5.74) is 2.95. The lowest BCUT2D eigenvalue weighted by molar-refractivity contribution is 0.0747. The van der Waals surface area contributed by atoms with E-state index < -0.39 is 0 Å². The molecule has 1 amide bonds. The second-order valence-corrected chi connectivity index (χ2v) is 5.56. The van der Waals surface area contributed by atoms with E-state index in [-0.39, 0.29) is 5.91 Å². The summed E-state index contributed by atoms with van der Waals surface area (Å²) < 4.78 is 0. The maximum absolute atomic E-state index is 12.4. The zero-order valence-electron chi connectivity index (χ0n) is 11.5. The van der Waals surface area contributed by atoms with Gasteiger partial charge in [-0.2, -0.15) is 0 Å². The fraction of sp³-hybridized carbons (Fsp3) is 0.333. The number of hydrogen-bond acceptors (Lipinski definition) is 3. The summed E-state index contributed by atoms with van der Waals surface area (Å²) in [4.78, 5) is 18.5. The molecule has 0 N–H and O–H groups in total. The van der Waals surface area contributed by atoms with Crippen LogP contribution in [0.5, 0.6) is 0 Å². The van der Waals surface area contributed by atoms with Crippen LogP contribution in [0, 0.1) is 13.8 Å². The van der Waals surface area contributed by atoms with Crippen molar-refractivity contribution in [3.8, 4) is 0 Å². The van der Waals surface area contributed by atoms with Crippen LogP contribution in [0.2, 0.25) is 0 Å². The van der Waals surface area contributed by atoms with Gasteiger partial charge in [-0.25, -0.2) is 4.98 Å². The van der Waals surface area contributed by atoms with Crippen molar-refractivity contribution in [3.63, 3.8) is 0 Å². The van der Waals surface area contributed by atoms with Crippen LogP contribution < -0.4 is 0 Å². The van der Waals surface area contributed by atoms with E-state index in [1.807, 2.05) is 36.3 Å². The van der Waals surface area contributed by atoms with E-state index in [0.717, 1.165) is 5.01 Å². The number of amides is 1. The van der Waals surface area contributed by atoms with E-state index in [1.54, 1.807) is 0 Å². The first-order valence-corrected chi connectivity index (χ1v) is 7.25. The van der Waals surface area contributed by atoms with Gasteiger partial charge in [-0.05, 0) is 31.9 Å². The van der Waals surface area contributed by atoms with Crippen molar-refractivity contribution < 1.29 is 4.79 Å². The Hall–Kier alpha value is -1.68. The van der Waals surface area contributed by atoms with Crippen molar-refractivity contribution in [1.82, 2.24) is 9.88 Å². The molecule has 2 rings (SSSR count). The van der Waals surface area contributed by atoms with Gasteiger partial charge in [0.05, 0.1) is 5.01 Å². The third kappa shape index (κ3) is 3.20. The van der Waals surface area contributed by atoms with Crippen LogP contribution in [-0.4, -0.2) is 22.3 Å². The molecule has 0 spiro atoms. The average molecular weight is 274 g/mol. The fourth-order valence-electron chi connectivity index (χ4n) is 1.94. The molecule has 3 nitrogen and oxygen atoms in total. The largest absolute Gasteiger partial charge is 0.333 e. The summed E-state index contributed by atoms with van der Waals surface area (Å²) in [6.07, 6.45) is 0. The Morgan fingerprint density at radius 2 is 2.05 bits per heavy atom. The highest BCUT2D eigenvalue weighted by Gasteiger charge is 2.17. The van der Waals surface area contributed by atoms with Gasteiger partial charge in [-0.15, -0.1) is 11.3 Å². The number of rotatable bonds is 4. The van der Waals surface area contributed by atoms with Crippen LogP contribution >= 0.6 is 11.3 Å². The van der Waals surface area contributed by atoms with Crippen molar-refractivity contribution in [3.05, 3.63) is 51.5 Å². The number of benzene rings is 1. The Bertz CT molecular complexity index is 577. The Morgan fingerprint density at radius 1 is 1.32 bits per heavy atom. The zero-order chi connectivity index (χ0) is 13.8. The monoisotopic (exact) mass is 274 g/mol. The quantitative estimate of drug-likeness (QED) is 0.856. The Labute approximate surface area is 117 Å². The second kappa shape index (κ2) is 5.97. The molecular formula is C15H18N2OS. The molecule has 0 saturated heterocycles. The lowest BCUT2D eigenvalue weighted by atomic mass is 10.1. The molecule has 4 heteroatoms. The molecule has 2 aromatic rings. The number of aryl methyl sites for hydroxylation is 2. The summed E-state index contributed by atoms with van der Waals surface area (Å²) in [6.45, 7) is 7.30. The number of thiazole rings is 1. The van der Waals surface area contributed by atoms with Gasteiger partial charge in [-0.3, -0.25) is 4.79 Å². The van der Waals surface area contributed by atoms with Gasteiger partial charge in [-0.1, -0.05) is 24.3 Å². The van der Waals surface area contributed by atoms with Crippen molar-refractivity contribution in [2.75, 3.05) is 6.54 Å². The molecule has 0 radical (unpaired) electrons. The molecule has 0 saturated carbocycles. The summed E-state index contributed by atoms with van der Waals surface area (Å²) in [7, 11) is 0. The molecule has 1 heterocycles.